The first-order valence-corrected chi connectivity index (χ1v) is 6.41. The zero-order valence-corrected chi connectivity index (χ0v) is 10.2. The second kappa shape index (κ2) is 5.36. The molecule has 0 unspecified atom stereocenters. The lowest BCUT2D eigenvalue weighted by atomic mass is 9.93. The molecular formula is C14H18O4. The van der Waals surface area contributed by atoms with Crippen LogP contribution in [0.3, 0.4) is 0 Å². The predicted octanol–water partition coefficient (Wildman–Crippen LogP) is 1.33. The number of hydrogen-bond acceptors (Lipinski definition) is 4. The first kappa shape index (κ1) is 12.1. The maximum Gasteiger partial charge on any atom is 0.165 e. The third-order valence-corrected chi connectivity index (χ3v) is 3.62. The summed E-state index contributed by atoms with van der Waals surface area (Å²) in [5.41, 5.74) is 1.13. The fraction of sp³-hybridized carbons (Fsp3) is 0.571. The quantitative estimate of drug-likeness (QED) is 0.879. The van der Waals surface area contributed by atoms with Crippen molar-refractivity contribution in [2.45, 2.75) is 31.5 Å². The molecule has 18 heavy (non-hydrogen) atoms. The van der Waals surface area contributed by atoms with Gasteiger partial charge in [0.1, 0.15) is 0 Å². The summed E-state index contributed by atoms with van der Waals surface area (Å²) in [5.74, 6) is -0.0533. The van der Waals surface area contributed by atoms with Gasteiger partial charge in [0, 0.05) is 0 Å². The third-order valence-electron chi connectivity index (χ3n) is 3.62. The molecule has 0 bridgehead atoms. The van der Waals surface area contributed by atoms with Crippen molar-refractivity contribution in [3.05, 3.63) is 35.9 Å². The number of fused-ring (bicyclic) bond motifs is 1. The molecule has 2 aliphatic rings. The summed E-state index contributed by atoms with van der Waals surface area (Å²) in [6.07, 6.45) is -0.0949. The van der Waals surface area contributed by atoms with E-state index in [1.54, 1.807) is 0 Å². The molecule has 0 spiro atoms. The van der Waals surface area contributed by atoms with Crippen LogP contribution in [0.25, 0.3) is 0 Å². The molecule has 4 nitrogen and oxygen atoms in total. The smallest absolute Gasteiger partial charge is 0.165 e. The van der Waals surface area contributed by atoms with E-state index in [1.807, 2.05) is 30.3 Å². The molecule has 4 heteroatoms. The fourth-order valence-electron chi connectivity index (χ4n) is 2.61. The highest BCUT2D eigenvalue weighted by molar-refractivity contribution is 5.13. The molecule has 0 aromatic heterocycles. The summed E-state index contributed by atoms with van der Waals surface area (Å²) in [5, 5.41) is 10.0. The normalized spacial score (nSPS) is 35.4. The van der Waals surface area contributed by atoms with Gasteiger partial charge in [-0.05, 0) is 12.0 Å². The van der Waals surface area contributed by atoms with Gasteiger partial charge < -0.3 is 19.3 Å². The molecule has 2 heterocycles. The van der Waals surface area contributed by atoms with Crippen LogP contribution in [-0.4, -0.2) is 36.8 Å². The van der Waals surface area contributed by atoms with E-state index >= 15 is 0 Å². The van der Waals surface area contributed by atoms with E-state index in [-0.39, 0.29) is 24.4 Å². The lowest BCUT2D eigenvalue weighted by molar-refractivity contribution is -0.185. The highest BCUT2D eigenvalue weighted by Gasteiger charge is 2.45. The Morgan fingerprint density at radius 3 is 2.89 bits per heavy atom. The average molecular weight is 250 g/mol. The van der Waals surface area contributed by atoms with Crippen LogP contribution in [0.5, 0.6) is 0 Å². The van der Waals surface area contributed by atoms with E-state index in [2.05, 4.69) is 0 Å². The van der Waals surface area contributed by atoms with Gasteiger partial charge in [0.05, 0.1) is 37.9 Å². The minimum atomic E-state index is -0.382. The molecule has 2 saturated heterocycles. The van der Waals surface area contributed by atoms with E-state index < -0.39 is 0 Å². The molecule has 0 aliphatic carbocycles. The summed E-state index contributed by atoms with van der Waals surface area (Å²) in [6, 6.07) is 10.0. The van der Waals surface area contributed by atoms with Gasteiger partial charge in [-0.15, -0.1) is 0 Å². The minimum Gasteiger partial charge on any atom is -0.392 e. The molecule has 0 amide bonds. The highest BCUT2D eigenvalue weighted by Crippen LogP contribution is 2.33. The molecule has 98 valence electrons. The Morgan fingerprint density at radius 1 is 1.22 bits per heavy atom. The van der Waals surface area contributed by atoms with Crippen LogP contribution in [-0.2, 0) is 20.8 Å². The SMILES string of the molecule is O[C@H]1CCO[C@H]2OC[C@H](OCc3ccccc3)[C@@H]21. The zero-order valence-electron chi connectivity index (χ0n) is 10.2. The van der Waals surface area contributed by atoms with E-state index in [4.69, 9.17) is 14.2 Å². The number of aliphatic hydroxyl groups excluding tert-OH is 1. The van der Waals surface area contributed by atoms with Crippen molar-refractivity contribution >= 4 is 0 Å². The van der Waals surface area contributed by atoms with Crippen LogP contribution in [0.4, 0.5) is 0 Å². The van der Waals surface area contributed by atoms with E-state index in [9.17, 15) is 5.11 Å². The van der Waals surface area contributed by atoms with E-state index in [0.717, 1.165) is 5.56 Å². The molecule has 2 fully saturated rings. The van der Waals surface area contributed by atoms with Crippen LogP contribution < -0.4 is 0 Å². The van der Waals surface area contributed by atoms with Crippen molar-refractivity contribution in [1.82, 2.24) is 0 Å². The number of ether oxygens (including phenoxy) is 3. The van der Waals surface area contributed by atoms with Gasteiger partial charge in [-0.3, -0.25) is 0 Å². The van der Waals surface area contributed by atoms with Crippen LogP contribution >= 0.6 is 0 Å². The number of hydrogen-bond donors (Lipinski definition) is 1. The molecular weight excluding hydrogens is 232 g/mol. The topological polar surface area (TPSA) is 47.9 Å². The maximum absolute atomic E-state index is 10.0. The Bertz CT molecular complexity index is 381. The number of rotatable bonds is 3. The molecule has 1 N–H and O–H groups in total. The Labute approximate surface area is 106 Å². The van der Waals surface area contributed by atoms with Gasteiger partial charge in [0.15, 0.2) is 6.29 Å². The van der Waals surface area contributed by atoms with Crippen molar-refractivity contribution in [1.29, 1.82) is 0 Å². The van der Waals surface area contributed by atoms with Crippen LogP contribution in [0.1, 0.15) is 12.0 Å². The van der Waals surface area contributed by atoms with E-state index in [1.165, 1.54) is 0 Å². The second-order valence-corrected chi connectivity index (χ2v) is 4.84. The van der Waals surface area contributed by atoms with Crippen molar-refractivity contribution < 1.29 is 19.3 Å². The molecule has 4 atom stereocenters. The van der Waals surface area contributed by atoms with Crippen LogP contribution in [0.2, 0.25) is 0 Å². The Hall–Kier alpha value is -0.940. The van der Waals surface area contributed by atoms with Gasteiger partial charge in [-0.25, -0.2) is 0 Å². The van der Waals surface area contributed by atoms with Crippen molar-refractivity contribution in [2.24, 2.45) is 5.92 Å². The summed E-state index contributed by atoms with van der Waals surface area (Å²) in [7, 11) is 0. The zero-order chi connectivity index (χ0) is 12.4. The fourth-order valence-corrected chi connectivity index (χ4v) is 2.61. The van der Waals surface area contributed by atoms with Gasteiger partial charge in [0.2, 0.25) is 0 Å². The van der Waals surface area contributed by atoms with Gasteiger partial charge in [-0.2, -0.15) is 0 Å². The first-order valence-electron chi connectivity index (χ1n) is 6.41. The largest absolute Gasteiger partial charge is 0.392 e. The van der Waals surface area contributed by atoms with Crippen molar-refractivity contribution in [2.75, 3.05) is 13.2 Å². The summed E-state index contributed by atoms with van der Waals surface area (Å²) < 4.78 is 16.9. The standard InChI is InChI=1S/C14H18O4/c15-11-6-7-16-14-13(11)12(9-18-14)17-8-10-4-2-1-3-5-10/h1-5,11-15H,6-9H2/t11-,12-,13-,14-/m0/s1. The minimum absolute atomic E-state index is 0.0533. The molecule has 1 aromatic rings. The lowest BCUT2D eigenvalue weighted by Gasteiger charge is -2.31. The molecule has 0 saturated carbocycles. The van der Waals surface area contributed by atoms with Gasteiger partial charge in [-0.1, -0.05) is 30.3 Å². The van der Waals surface area contributed by atoms with Gasteiger partial charge in [0.25, 0.3) is 0 Å². The van der Waals surface area contributed by atoms with Crippen molar-refractivity contribution in [3.63, 3.8) is 0 Å². The monoisotopic (exact) mass is 250 g/mol. The number of aliphatic hydroxyl groups is 1. The van der Waals surface area contributed by atoms with E-state index in [0.29, 0.717) is 26.2 Å². The molecule has 0 radical (unpaired) electrons. The Kier molecular flexibility index (Phi) is 3.61. The third kappa shape index (κ3) is 2.42. The second-order valence-electron chi connectivity index (χ2n) is 4.84. The number of benzene rings is 1. The molecule has 3 rings (SSSR count). The summed E-state index contributed by atoms with van der Waals surface area (Å²) in [4.78, 5) is 0. The lowest BCUT2D eigenvalue weighted by Crippen LogP contribution is -2.42. The summed E-state index contributed by atoms with van der Waals surface area (Å²) >= 11 is 0. The summed E-state index contributed by atoms with van der Waals surface area (Å²) in [6.45, 7) is 1.61. The van der Waals surface area contributed by atoms with Gasteiger partial charge >= 0.3 is 0 Å². The highest BCUT2D eigenvalue weighted by atomic mass is 16.7. The molecule has 2 aliphatic heterocycles. The predicted molar refractivity (Wildman–Crippen MR) is 64.8 cm³/mol. The van der Waals surface area contributed by atoms with Crippen molar-refractivity contribution in [3.8, 4) is 0 Å². The average Bonchev–Trinajstić information content (AvgIpc) is 2.82. The first-order chi connectivity index (χ1) is 8.84. The molecule has 1 aromatic carbocycles. The maximum atomic E-state index is 10.0. The van der Waals surface area contributed by atoms with Crippen LogP contribution in [0.15, 0.2) is 30.3 Å². The Morgan fingerprint density at radius 2 is 2.06 bits per heavy atom. The Balaban J connectivity index is 1.60. The van der Waals surface area contributed by atoms with Crippen LogP contribution in [0, 0.1) is 5.92 Å².